The number of thioether (sulfide) groups is 1. The maximum Gasteiger partial charge on any atom is 0.410 e. The number of fused-ring (bicyclic) bond motifs is 4. The molecule has 0 bridgehead atoms. The van der Waals surface area contributed by atoms with E-state index in [1.54, 1.807) is 21.8 Å². The van der Waals surface area contributed by atoms with Crippen LogP contribution in [-0.2, 0) is 9.47 Å². The van der Waals surface area contributed by atoms with E-state index in [0.29, 0.717) is 53.0 Å². The van der Waals surface area contributed by atoms with Crippen molar-refractivity contribution >= 4 is 62.3 Å². The van der Waals surface area contributed by atoms with Gasteiger partial charge in [0, 0.05) is 35.1 Å². The van der Waals surface area contributed by atoms with Crippen LogP contribution in [0.1, 0.15) is 82.7 Å². The first kappa shape index (κ1) is 34.5. The molecule has 14 heteroatoms. The van der Waals surface area contributed by atoms with Gasteiger partial charge in [-0.3, -0.25) is 0 Å². The summed E-state index contributed by atoms with van der Waals surface area (Å²) in [5.41, 5.74) is 4.37. The summed E-state index contributed by atoms with van der Waals surface area (Å²) in [6.07, 6.45) is 7.10. The summed E-state index contributed by atoms with van der Waals surface area (Å²) >= 11 is 8.47. The van der Waals surface area contributed by atoms with Crippen LogP contribution in [0.3, 0.4) is 0 Å². The van der Waals surface area contributed by atoms with E-state index in [0.717, 1.165) is 41.3 Å². The van der Waals surface area contributed by atoms with Crippen molar-refractivity contribution < 1.29 is 18.7 Å². The van der Waals surface area contributed by atoms with E-state index in [4.69, 9.17) is 31.2 Å². The Morgan fingerprint density at radius 2 is 1.96 bits per heavy atom. The number of amides is 1. The number of halogens is 2. The highest BCUT2D eigenvalue weighted by molar-refractivity contribution is 7.98. The number of pyridine rings is 1. The molecule has 2 unspecified atom stereocenters. The van der Waals surface area contributed by atoms with Gasteiger partial charge in [0.25, 0.3) is 0 Å². The van der Waals surface area contributed by atoms with Crippen molar-refractivity contribution in [1.82, 2.24) is 34.7 Å². The van der Waals surface area contributed by atoms with Crippen molar-refractivity contribution in [1.29, 1.82) is 5.26 Å². The van der Waals surface area contributed by atoms with Crippen molar-refractivity contribution in [2.45, 2.75) is 102 Å². The fraction of sp³-hybridized carbons (Fsp3) is 0.500. The number of rotatable bonds is 5. The van der Waals surface area contributed by atoms with Crippen molar-refractivity contribution in [3.05, 3.63) is 40.3 Å². The summed E-state index contributed by atoms with van der Waals surface area (Å²) in [6.45, 7) is 10.5. The summed E-state index contributed by atoms with van der Waals surface area (Å²) in [4.78, 5) is 19.5. The Labute approximate surface area is 299 Å². The van der Waals surface area contributed by atoms with E-state index in [9.17, 15) is 10.1 Å². The van der Waals surface area contributed by atoms with E-state index in [1.807, 2.05) is 45.6 Å². The highest BCUT2D eigenvalue weighted by Gasteiger charge is 2.36. The summed E-state index contributed by atoms with van der Waals surface area (Å²) in [5, 5.41) is 25.5. The number of likely N-dealkylation sites (tertiary alicyclic amines) is 1. The Morgan fingerprint density at radius 3 is 2.66 bits per heavy atom. The first-order valence-corrected chi connectivity index (χ1v) is 18.6. The van der Waals surface area contributed by atoms with Gasteiger partial charge in [0.05, 0.1) is 41.3 Å². The van der Waals surface area contributed by atoms with Crippen LogP contribution >= 0.6 is 23.4 Å². The molecule has 11 nitrogen and oxygen atoms in total. The number of aryl methyl sites for hydroxylation is 1. The van der Waals surface area contributed by atoms with Crippen molar-refractivity contribution in [3.63, 3.8) is 0 Å². The zero-order valence-electron chi connectivity index (χ0n) is 29.1. The lowest BCUT2D eigenvalue weighted by atomic mass is 9.92. The molecular formula is C36H40ClFN8O3S. The number of carbonyl (C=O) groups is 1. The fourth-order valence-corrected chi connectivity index (χ4v) is 8.17. The average molecular weight is 719 g/mol. The standard InChI is InChI=1S/C36H40ClFN8O3S/c1-19-15-26-24(18-40-46(26)27-9-7-8-14-48-27)28(20(19)2)29-25(37)17-23-31(30(29)38)41-34(50-6)32-33(23)45(43-42-32)22-11-13-44(21(16-22)10-12-39)35(47)49-36(3,4)5/h15,17-18,21-22,27H,7-11,13-14,16H2,1-6H3/t21-,22?,27?/m1/s1. The number of hydrogen-bond donors (Lipinski definition) is 0. The molecule has 7 rings (SSSR count). The quantitative estimate of drug-likeness (QED) is 0.164. The monoisotopic (exact) mass is 718 g/mol. The van der Waals surface area contributed by atoms with Crippen molar-refractivity contribution in [2.24, 2.45) is 0 Å². The van der Waals surface area contributed by atoms with Gasteiger partial charge in [-0.15, -0.1) is 16.9 Å². The summed E-state index contributed by atoms with van der Waals surface area (Å²) in [5.74, 6) is -0.531. The summed E-state index contributed by atoms with van der Waals surface area (Å²) in [6, 6.07) is 5.46. The number of hydrogen-bond acceptors (Lipinski definition) is 9. The molecule has 50 heavy (non-hydrogen) atoms. The van der Waals surface area contributed by atoms with Crippen LogP contribution in [0.5, 0.6) is 0 Å². The highest BCUT2D eigenvalue weighted by atomic mass is 35.5. The summed E-state index contributed by atoms with van der Waals surface area (Å²) < 4.78 is 32.6. The van der Waals surface area contributed by atoms with Crippen molar-refractivity contribution in [2.75, 3.05) is 19.4 Å². The first-order valence-electron chi connectivity index (χ1n) is 17.0. The van der Waals surface area contributed by atoms with Gasteiger partial charge in [-0.25, -0.2) is 23.5 Å². The zero-order valence-corrected chi connectivity index (χ0v) is 30.7. The third kappa shape index (κ3) is 5.95. The van der Waals surface area contributed by atoms with Gasteiger partial charge in [-0.05, 0) is 96.2 Å². The molecule has 3 aromatic heterocycles. The van der Waals surface area contributed by atoms with Crippen LogP contribution in [-0.4, -0.2) is 71.8 Å². The maximum absolute atomic E-state index is 17.2. The lowest BCUT2D eigenvalue weighted by Crippen LogP contribution is -2.48. The second-order valence-electron chi connectivity index (χ2n) is 14.2. The van der Waals surface area contributed by atoms with E-state index in [-0.39, 0.29) is 40.8 Å². The van der Waals surface area contributed by atoms with Gasteiger partial charge in [0.2, 0.25) is 0 Å². The molecule has 0 saturated carbocycles. The normalized spacial score (nSPS) is 20.1. The van der Waals surface area contributed by atoms with Crippen LogP contribution in [0.2, 0.25) is 5.02 Å². The fourth-order valence-electron chi connectivity index (χ4n) is 7.37. The highest BCUT2D eigenvalue weighted by Crippen LogP contribution is 2.45. The Morgan fingerprint density at radius 1 is 1.16 bits per heavy atom. The molecule has 2 fully saturated rings. The molecule has 0 spiro atoms. The third-order valence-corrected chi connectivity index (χ3v) is 10.8. The molecule has 3 atom stereocenters. The molecule has 262 valence electrons. The molecule has 2 aliphatic heterocycles. The summed E-state index contributed by atoms with van der Waals surface area (Å²) in [7, 11) is 0. The number of piperidine rings is 1. The molecule has 2 aliphatic rings. The molecule has 0 N–H and O–H groups in total. The van der Waals surface area contributed by atoms with Crippen LogP contribution in [0.15, 0.2) is 23.4 Å². The van der Waals surface area contributed by atoms with Crippen LogP contribution in [0.4, 0.5) is 9.18 Å². The Kier molecular flexibility index (Phi) is 9.16. The SMILES string of the molecule is CSc1nc2c(F)c(-c3c(C)c(C)cc4c3cnn4C3CCCCO3)c(Cl)cc2c2c1nnn2C1CCN(C(=O)OC(C)(C)C)[C@H](CC#N)C1. The minimum Gasteiger partial charge on any atom is -0.444 e. The predicted molar refractivity (Wildman–Crippen MR) is 192 cm³/mol. The largest absolute Gasteiger partial charge is 0.444 e. The number of ether oxygens (including phenoxy) is 2. The average Bonchev–Trinajstić information content (AvgIpc) is 3.71. The van der Waals surface area contributed by atoms with Crippen molar-refractivity contribution in [3.8, 4) is 17.2 Å². The number of carbonyl (C=O) groups excluding carboxylic acids is 1. The molecule has 5 aromatic rings. The number of nitrogens with zero attached hydrogens (tertiary/aromatic N) is 8. The minimum atomic E-state index is -0.664. The van der Waals surface area contributed by atoms with E-state index in [2.05, 4.69) is 22.4 Å². The smallest absolute Gasteiger partial charge is 0.410 e. The topological polar surface area (TPSA) is 124 Å². The molecule has 2 aromatic carbocycles. The Bertz CT molecular complexity index is 2180. The molecule has 1 amide bonds. The number of nitriles is 1. The third-order valence-electron chi connectivity index (χ3n) is 9.84. The van der Waals surface area contributed by atoms with Gasteiger partial charge in [-0.2, -0.15) is 10.4 Å². The number of aromatic nitrogens is 6. The van der Waals surface area contributed by atoms with E-state index < -0.39 is 17.5 Å². The first-order chi connectivity index (χ1) is 23.9. The van der Waals surface area contributed by atoms with Gasteiger partial charge in [-0.1, -0.05) is 16.8 Å². The Balaban J connectivity index is 1.36. The zero-order chi connectivity index (χ0) is 35.5. The van der Waals surface area contributed by atoms with Gasteiger partial charge >= 0.3 is 6.09 Å². The maximum atomic E-state index is 17.2. The van der Waals surface area contributed by atoms with Crippen LogP contribution in [0.25, 0.3) is 44.0 Å². The Hall–Kier alpha value is -3.99. The molecule has 0 aliphatic carbocycles. The van der Waals surface area contributed by atoms with Gasteiger partial charge in [0.1, 0.15) is 27.2 Å². The second kappa shape index (κ2) is 13.3. The van der Waals surface area contributed by atoms with E-state index >= 15 is 4.39 Å². The lowest BCUT2D eigenvalue weighted by Gasteiger charge is -2.39. The van der Waals surface area contributed by atoms with Gasteiger partial charge < -0.3 is 14.4 Å². The second-order valence-corrected chi connectivity index (χ2v) is 15.4. The lowest BCUT2D eigenvalue weighted by molar-refractivity contribution is -0.0366. The molecule has 2 saturated heterocycles. The molecule has 5 heterocycles. The minimum absolute atomic E-state index is 0.137. The van der Waals surface area contributed by atoms with Gasteiger partial charge in [0.15, 0.2) is 12.0 Å². The van der Waals surface area contributed by atoms with Crippen LogP contribution in [0, 0.1) is 31.0 Å². The molecular weight excluding hydrogens is 679 g/mol. The number of benzene rings is 2. The predicted octanol–water partition coefficient (Wildman–Crippen LogP) is 8.68. The van der Waals surface area contributed by atoms with Crippen LogP contribution < -0.4 is 0 Å². The molecule has 0 radical (unpaired) electrons. The van der Waals surface area contributed by atoms with E-state index in [1.165, 1.54) is 11.8 Å².